The minimum Gasteiger partial charge on any atom is -0.353 e. The van der Waals surface area contributed by atoms with E-state index in [2.05, 4.69) is 5.32 Å². The van der Waals surface area contributed by atoms with E-state index in [4.69, 9.17) is 11.6 Å². The molecule has 1 saturated carbocycles. The van der Waals surface area contributed by atoms with Gasteiger partial charge in [-0.25, -0.2) is 4.39 Å². The van der Waals surface area contributed by atoms with E-state index in [1.807, 2.05) is 31.2 Å². The van der Waals surface area contributed by atoms with E-state index in [-0.39, 0.29) is 29.6 Å². The molecular weight excluding hydrogens is 313 g/mol. The number of amides is 1. The van der Waals surface area contributed by atoms with Crippen LogP contribution in [0.2, 0.25) is 5.02 Å². The highest BCUT2D eigenvalue weighted by Crippen LogP contribution is 2.49. The van der Waals surface area contributed by atoms with Crippen LogP contribution in [0.4, 0.5) is 4.39 Å². The van der Waals surface area contributed by atoms with Crippen LogP contribution in [-0.4, -0.2) is 11.9 Å². The van der Waals surface area contributed by atoms with Gasteiger partial charge >= 0.3 is 0 Å². The number of carbonyl (C=O) groups is 1. The fourth-order valence-electron chi connectivity index (χ4n) is 3.00. The van der Waals surface area contributed by atoms with Gasteiger partial charge in [-0.1, -0.05) is 48.0 Å². The van der Waals surface area contributed by atoms with Crippen molar-refractivity contribution >= 4 is 17.5 Å². The molecule has 3 unspecified atom stereocenters. The maximum Gasteiger partial charge on any atom is 0.223 e. The van der Waals surface area contributed by atoms with Crippen molar-refractivity contribution in [1.82, 2.24) is 5.32 Å². The fourth-order valence-corrected chi connectivity index (χ4v) is 3.27. The zero-order valence-electron chi connectivity index (χ0n) is 12.9. The van der Waals surface area contributed by atoms with Gasteiger partial charge in [0.15, 0.2) is 0 Å². The highest BCUT2D eigenvalue weighted by atomic mass is 35.5. The first-order chi connectivity index (χ1) is 11.1. The maximum atomic E-state index is 13.7. The fraction of sp³-hybridized carbons (Fsp3) is 0.316. The van der Waals surface area contributed by atoms with Crippen LogP contribution in [0.5, 0.6) is 0 Å². The average Bonchev–Trinajstić information content (AvgIpc) is 3.30. The molecule has 0 spiro atoms. The van der Waals surface area contributed by atoms with Gasteiger partial charge in [-0.15, -0.1) is 0 Å². The molecule has 120 valence electrons. The molecule has 2 aromatic rings. The molecule has 3 atom stereocenters. The number of hydrogen-bond donors (Lipinski definition) is 1. The summed E-state index contributed by atoms with van der Waals surface area (Å²) in [5.41, 5.74) is 1.66. The van der Waals surface area contributed by atoms with Crippen molar-refractivity contribution in [3.05, 3.63) is 70.5 Å². The van der Waals surface area contributed by atoms with Crippen LogP contribution in [0.3, 0.4) is 0 Å². The largest absolute Gasteiger partial charge is 0.353 e. The number of carbonyl (C=O) groups excluding carboxylic acids is 1. The number of halogens is 2. The third kappa shape index (κ3) is 3.73. The number of nitrogens with one attached hydrogen (secondary N) is 1. The molecule has 2 aromatic carbocycles. The molecule has 0 heterocycles. The molecule has 4 heteroatoms. The van der Waals surface area contributed by atoms with Crippen LogP contribution in [0.25, 0.3) is 0 Å². The predicted octanol–water partition coefficient (Wildman–Crippen LogP) is 4.33. The highest BCUT2D eigenvalue weighted by molar-refractivity contribution is 6.31. The lowest BCUT2D eigenvalue weighted by Crippen LogP contribution is -2.35. The minimum atomic E-state index is -0.228. The Morgan fingerprint density at radius 2 is 1.96 bits per heavy atom. The Kier molecular flexibility index (Phi) is 4.67. The molecule has 0 aliphatic heterocycles. The first-order valence-electron chi connectivity index (χ1n) is 7.84. The standard InChI is InChI=1S/C19H19ClFNO/c1-12(10-13-6-2-5-9-18(13)21)22-19(23)16-11-15(16)14-7-3-4-8-17(14)20/h2-9,12,15-16H,10-11H2,1H3,(H,22,23). The van der Waals surface area contributed by atoms with Crippen LogP contribution in [-0.2, 0) is 11.2 Å². The first kappa shape index (κ1) is 16.0. The van der Waals surface area contributed by atoms with Crippen molar-refractivity contribution < 1.29 is 9.18 Å². The third-order valence-corrected chi connectivity index (χ3v) is 4.65. The van der Waals surface area contributed by atoms with E-state index < -0.39 is 0 Å². The van der Waals surface area contributed by atoms with Crippen molar-refractivity contribution in [2.24, 2.45) is 5.92 Å². The molecule has 0 bridgehead atoms. The summed E-state index contributed by atoms with van der Waals surface area (Å²) in [6.45, 7) is 1.90. The van der Waals surface area contributed by atoms with Gasteiger partial charge in [0, 0.05) is 17.0 Å². The molecular formula is C19H19ClFNO. The molecule has 0 saturated heterocycles. The number of hydrogen-bond acceptors (Lipinski definition) is 1. The molecule has 0 radical (unpaired) electrons. The highest BCUT2D eigenvalue weighted by Gasteiger charge is 2.44. The van der Waals surface area contributed by atoms with E-state index in [1.165, 1.54) is 6.07 Å². The Balaban J connectivity index is 1.56. The second-order valence-electron chi connectivity index (χ2n) is 6.18. The number of rotatable bonds is 5. The van der Waals surface area contributed by atoms with Gasteiger partial charge in [0.25, 0.3) is 0 Å². The van der Waals surface area contributed by atoms with Gasteiger partial charge in [0.05, 0.1) is 0 Å². The van der Waals surface area contributed by atoms with Gasteiger partial charge in [-0.2, -0.15) is 0 Å². The second kappa shape index (κ2) is 6.71. The summed E-state index contributed by atoms with van der Waals surface area (Å²) in [4.78, 5) is 12.3. The lowest BCUT2D eigenvalue weighted by molar-refractivity contribution is -0.123. The number of benzene rings is 2. The lowest BCUT2D eigenvalue weighted by atomic mass is 10.1. The van der Waals surface area contributed by atoms with Gasteiger partial charge < -0.3 is 5.32 Å². The summed E-state index contributed by atoms with van der Waals surface area (Å²) in [6.07, 6.45) is 1.31. The molecule has 23 heavy (non-hydrogen) atoms. The quantitative estimate of drug-likeness (QED) is 0.868. The molecule has 2 nitrogen and oxygen atoms in total. The summed E-state index contributed by atoms with van der Waals surface area (Å²) in [7, 11) is 0. The van der Waals surface area contributed by atoms with Gasteiger partial charge in [0.2, 0.25) is 5.91 Å². The van der Waals surface area contributed by atoms with Crippen molar-refractivity contribution in [3.8, 4) is 0 Å². The molecule has 0 aromatic heterocycles. The van der Waals surface area contributed by atoms with Crippen molar-refractivity contribution in [2.75, 3.05) is 0 Å². The molecule has 1 N–H and O–H groups in total. The topological polar surface area (TPSA) is 29.1 Å². The van der Waals surface area contributed by atoms with E-state index in [9.17, 15) is 9.18 Å². The predicted molar refractivity (Wildman–Crippen MR) is 90.0 cm³/mol. The van der Waals surface area contributed by atoms with E-state index in [0.29, 0.717) is 17.0 Å². The normalized spacial score (nSPS) is 20.8. The smallest absolute Gasteiger partial charge is 0.223 e. The SMILES string of the molecule is CC(Cc1ccccc1F)NC(=O)C1CC1c1ccccc1Cl. The van der Waals surface area contributed by atoms with Crippen LogP contribution in [0.15, 0.2) is 48.5 Å². The van der Waals surface area contributed by atoms with E-state index >= 15 is 0 Å². The van der Waals surface area contributed by atoms with Crippen LogP contribution in [0, 0.1) is 11.7 Å². The van der Waals surface area contributed by atoms with E-state index in [0.717, 1.165) is 12.0 Å². The minimum absolute atomic E-state index is 0.0266. The van der Waals surface area contributed by atoms with Gasteiger partial charge in [0.1, 0.15) is 5.82 Å². The van der Waals surface area contributed by atoms with Crippen molar-refractivity contribution in [3.63, 3.8) is 0 Å². The zero-order chi connectivity index (χ0) is 16.4. The van der Waals surface area contributed by atoms with Gasteiger partial charge in [-0.3, -0.25) is 4.79 Å². The monoisotopic (exact) mass is 331 g/mol. The Labute approximate surface area is 140 Å². The summed E-state index contributed by atoms with van der Waals surface area (Å²) in [5, 5.41) is 3.70. The van der Waals surface area contributed by atoms with E-state index in [1.54, 1.807) is 18.2 Å². The molecule has 1 fully saturated rings. The Morgan fingerprint density at radius 3 is 2.70 bits per heavy atom. The second-order valence-corrected chi connectivity index (χ2v) is 6.58. The maximum absolute atomic E-state index is 13.7. The first-order valence-corrected chi connectivity index (χ1v) is 8.22. The van der Waals surface area contributed by atoms with Gasteiger partial charge in [-0.05, 0) is 48.9 Å². The Bertz CT molecular complexity index is 718. The van der Waals surface area contributed by atoms with Crippen LogP contribution < -0.4 is 5.32 Å². The Hall–Kier alpha value is -1.87. The molecule has 1 amide bonds. The zero-order valence-corrected chi connectivity index (χ0v) is 13.7. The average molecular weight is 332 g/mol. The van der Waals surface area contributed by atoms with Crippen LogP contribution in [0.1, 0.15) is 30.4 Å². The molecule has 1 aliphatic carbocycles. The lowest BCUT2D eigenvalue weighted by Gasteiger charge is -2.14. The van der Waals surface area contributed by atoms with Crippen molar-refractivity contribution in [2.45, 2.75) is 31.7 Å². The third-order valence-electron chi connectivity index (χ3n) is 4.30. The van der Waals surface area contributed by atoms with Crippen molar-refractivity contribution in [1.29, 1.82) is 0 Å². The molecule has 1 aliphatic rings. The van der Waals surface area contributed by atoms with Crippen LogP contribution >= 0.6 is 11.6 Å². The summed E-state index contributed by atoms with van der Waals surface area (Å²) >= 11 is 6.19. The summed E-state index contributed by atoms with van der Waals surface area (Å²) in [6, 6.07) is 14.2. The molecule has 3 rings (SSSR count). The Morgan fingerprint density at radius 1 is 1.26 bits per heavy atom. The summed E-state index contributed by atoms with van der Waals surface area (Å²) < 4.78 is 13.7. The summed E-state index contributed by atoms with van der Waals surface area (Å²) in [5.74, 6) is -0.0324.